The highest BCUT2D eigenvalue weighted by molar-refractivity contribution is 9.12. The third kappa shape index (κ3) is 3.59. The zero-order valence-electron chi connectivity index (χ0n) is 11.6. The third-order valence-corrected chi connectivity index (χ3v) is 6.42. The summed E-state index contributed by atoms with van der Waals surface area (Å²) in [6.45, 7) is 0. The summed E-state index contributed by atoms with van der Waals surface area (Å²) < 4.78 is 4.34. The van der Waals surface area contributed by atoms with E-state index in [9.17, 15) is 0 Å². The van der Waals surface area contributed by atoms with Crippen LogP contribution in [0.1, 0.15) is 49.0 Å². The van der Waals surface area contributed by atoms with E-state index >= 15 is 0 Å². The molecule has 1 atom stereocenters. The van der Waals surface area contributed by atoms with Gasteiger partial charge in [0.05, 0.1) is 25.4 Å². The van der Waals surface area contributed by atoms with E-state index in [2.05, 4.69) is 60.3 Å². The molecule has 0 spiro atoms. The summed E-state index contributed by atoms with van der Waals surface area (Å²) in [4.78, 5) is 0. The second kappa shape index (κ2) is 6.91. The summed E-state index contributed by atoms with van der Waals surface area (Å²) in [5, 5.41) is 4.74. The Morgan fingerprint density at radius 2 is 2.19 bits per heavy atom. The van der Waals surface area contributed by atoms with Crippen LogP contribution in [0.15, 0.2) is 25.9 Å². The van der Waals surface area contributed by atoms with Crippen molar-refractivity contribution in [3.05, 3.63) is 37.2 Å². The van der Waals surface area contributed by atoms with Crippen molar-refractivity contribution in [1.82, 2.24) is 15.2 Å². The van der Waals surface area contributed by atoms with Gasteiger partial charge in [-0.1, -0.05) is 12.8 Å². The molecule has 3 N–H and O–H groups in total. The van der Waals surface area contributed by atoms with Crippen molar-refractivity contribution in [2.24, 2.45) is 5.84 Å². The van der Waals surface area contributed by atoms with Gasteiger partial charge >= 0.3 is 0 Å². The van der Waals surface area contributed by atoms with E-state index in [0.717, 1.165) is 19.7 Å². The fourth-order valence-corrected chi connectivity index (χ4v) is 5.89. The maximum Gasteiger partial charge on any atom is 0.0758 e. The Hall–Kier alpha value is -0.210. The summed E-state index contributed by atoms with van der Waals surface area (Å²) in [5.74, 6) is 5.74. The molecule has 1 aliphatic carbocycles. The molecule has 3 rings (SSSR count). The van der Waals surface area contributed by atoms with Crippen LogP contribution in [-0.2, 0) is 6.42 Å². The van der Waals surface area contributed by atoms with E-state index in [1.807, 2.05) is 0 Å². The average molecular weight is 434 g/mol. The molecule has 2 aromatic rings. The fourth-order valence-electron chi connectivity index (χ4n) is 2.92. The first-order valence-electron chi connectivity index (χ1n) is 7.12. The number of thiophene rings is 1. The van der Waals surface area contributed by atoms with Crippen LogP contribution in [0.3, 0.4) is 0 Å². The fraction of sp³-hybridized carbons (Fsp3) is 0.500. The lowest BCUT2D eigenvalue weighted by atomic mass is 10.1. The van der Waals surface area contributed by atoms with Gasteiger partial charge < -0.3 is 0 Å². The Labute approximate surface area is 145 Å². The monoisotopic (exact) mass is 432 g/mol. The molecule has 114 valence electrons. The lowest BCUT2D eigenvalue weighted by Gasteiger charge is -2.14. The first kappa shape index (κ1) is 15.7. The predicted molar refractivity (Wildman–Crippen MR) is 93.2 cm³/mol. The molecule has 2 heterocycles. The van der Waals surface area contributed by atoms with E-state index in [-0.39, 0.29) is 6.04 Å². The Balaban J connectivity index is 1.73. The lowest BCUT2D eigenvalue weighted by Crippen LogP contribution is -2.29. The summed E-state index contributed by atoms with van der Waals surface area (Å²) >= 11 is 8.77. The average Bonchev–Trinajstić information content (AvgIpc) is 3.16. The molecule has 0 radical (unpaired) electrons. The van der Waals surface area contributed by atoms with Crippen LogP contribution in [0, 0.1) is 0 Å². The summed E-state index contributed by atoms with van der Waals surface area (Å²) in [6, 6.07) is 4.87. The zero-order chi connectivity index (χ0) is 14.8. The molecule has 0 aliphatic heterocycles. The van der Waals surface area contributed by atoms with Gasteiger partial charge in [0.25, 0.3) is 0 Å². The Morgan fingerprint density at radius 1 is 1.43 bits per heavy atom. The molecule has 1 aliphatic rings. The first-order valence-corrected chi connectivity index (χ1v) is 9.52. The number of nitrogens with two attached hydrogens (primary N) is 1. The normalized spacial score (nSPS) is 17.5. The molecule has 0 bridgehead atoms. The molecular weight excluding hydrogens is 416 g/mol. The molecule has 2 aromatic heterocycles. The highest BCUT2D eigenvalue weighted by atomic mass is 79.9. The van der Waals surface area contributed by atoms with Gasteiger partial charge in [0.1, 0.15) is 0 Å². The Kier molecular flexibility index (Phi) is 5.16. The minimum Gasteiger partial charge on any atom is -0.271 e. The lowest BCUT2D eigenvalue weighted by molar-refractivity contribution is 0.457. The number of hydrogen-bond acceptors (Lipinski definition) is 4. The van der Waals surface area contributed by atoms with Crippen molar-refractivity contribution in [1.29, 1.82) is 0 Å². The zero-order valence-corrected chi connectivity index (χ0v) is 15.5. The molecule has 1 saturated carbocycles. The number of nitrogens with one attached hydrogen (secondary N) is 1. The Bertz CT molecular complexity index is 604. The highest BCUT2D eigenvalue weighted by Crippen LogP contribution is 2.36. The molecule has 0 saturated heterocycles. The molecule has 21 heavy (non-hydrogen) atoms. The van der Waals surface area contributed by atoms with Crippen molar-refractivity contribution >= 4 is 43.2 Å². The minimum atomic E-state index is 0.0638. The number of rotatable bonds is 5. The van der Waals surface area contributed by atoms with Gasteiger partial charge in [0.2, 0.25) is 0 Å². The molecule has 4 nitrogen and oxygen atoms in total. The van der Waals surface area contributed by atoms with Crippen LogP contribution in [0.25, 0.3) is 0 Å². The quantitative estimate of drug-likeness (QED) is 0.544. The molecule has 0 aromatic carbocycles. The molecular formula is C14H18Br2N4S. The SMILES string of the molecule is NNC(Cc1ccn(C2CCCC2)n1)c1cc(Br)sc1Br. The van der Waals surface area contributed by atoms with Gasteiger partial charge in [0, 0.05) is 12.6 Å². The van der Waals surface area contributed by atoms with Crippen LogP contribution in [0.4, 0.5) is 0 Å². The summed E-state index contributed by atoms with van der Waals surface area (Å²) in [6.07, 6.45) is 8.05. The van der Waals surface area contributed by atoms with Gasteiger partial charge in [-0.25, -0.2) is 0 Å². The van der Waals surface area contributed by atoms with E-state index in [1.165, 1.54) is 31.2 Å². The summed E-state index contributed by atoms with van der Waals surface area (Å²) in [7, 11) is 0. The number of aromatic nitrogens is 2. The highest BCUT2D eigenvalue weighted by Gasteiger charge is 2.20. The Morgan fingerprint density at radius 3 is 2.81 bits per heavy atom. The standard InChI is InChI=1S/C14H18Br2N4S/c15-13-8-11(14(16)21-13)12(18-17)7-9-5-6-20(19-9)10-3-1-2-4-10/h5-6,8,10,12,18H,1-4,7,17H2. The number of hydrazine groups is 1. The largest absolute Gasteiger partial charge is 0.271 e. The number of halogens is 2. The maximum absolute atomic E-state index is 5.74. The van der Waals surface area contributed by atoms with Crippen LogP contribution < -0.4 is 11.3 Å². The number of nitrogens with zero attached hydrogens (tertiary/aromatic N) is 2. The van der Waals surface area contributed by atoms with Crippen LogP contribution in [0.2, 0.25) is 0 Å². The van der Waals surface area contributed by atoms with Gasteiger partial charge in [0.15, 0.2) is 0 Å². The van der Waals surface area contributed by atoms with E-state index < -0.39 is 0 Å². The smallest absolute Gasteiger partial charge is 0.0758 e. The summed E-state index contributed by atoms with van der Waals surface area (Å²) in [5.41, 5.74) is 5.16. The first-order chi connectivity index (χ1) is 10.2. The van der Waals surface area contributed by atoms with Gasteiger partial charge in [-0.05, 0) is 62.4 Å². The van der Waals surface area contributed by atoms with Crippen molar-refractivity contribution in [2.75, 3.05) is 0 Å². The van der Waals surface area contributed by atoms with E-state index in [4.69, 9.17) is 10.9 Å². The second-order valence-electron chi connectivity index (χ2n) is 5.43. The second-order valence-corrected chi connectivity index (χ2v) is 9.18. The minimum absolute atomic E-state index is 0.0638. The topological polar surface area (TPSA) is 55.9 Å². The van der Waals surface area contributed by atoms with Crippen molar-refractivity contribution in [3.63, 3.8) is 0 Å². The molecule has 0 amide bonds. The molecule has 1 unspecified atom stereocenters. The van der Waals surface area contributed by atoms with Crippen molar-refractivity contribution in [3.8, 4) is 0 Å². The van der Waals surface area contributed by atoms with E-state index in [0.29, 0.717) is 6.04 Å². The molecule has 7 heteroatoms. The predicted octanol–water partition coefficient (Wildman–Crippen LogP) is 4.33. The van der Waals surface area contributed by atoms with Crippen molar-refractivity contribution < 1.29 is 0 Å². The number of hydrogen-bond donors (Lipinski definition) is 2. The van der Waals surface area contributed by atoms with Crippen molar-refractivity contribution in [2.45, 2.75) is 44.2 Å². The van der Waals surface area contributed by atoms with Gasteiger partial charge in [-0.2, -0.15) is 5.10 Å². The van der Waals surface area contributed by atoms with E-state index in [1.54, 1.807) is 11.3 Å². The van der Waals surface area contributed by atoms with Gasteiger partial charge in [-0.3, -0.25) is 16.0 Å². The molecule has 1 fully saturated rings. The van der Waals surface area contributed by atoms with Crippen LogP contribution >= 0.6 is 43.2 Å². The van der Waals surface area contributed by atoms with Crippen LogP contribution in [0.5, 0.6) is 0 Å². The third-order valence-electron chi connectivity index (χ3n) is 4.04. The van der Waals surface area contributed by atoms with Gasteiger partial charge in [-0.15, -0.1) is 11.3 Å². The van der Waals surface area contributed by atoms with Crippen LogP contribution in [-0.4, -0.2) is 9.78 Å². The maximum atomic E-state index is 5.74.